The first-order chi connectivity index (χ1) is 8.07. The number of hydrogen-bond acceptors (Lipinski definition) is 5. The minimum absolute atomic E-state index is 0.126. The van der Waals surface area contributed by atoms with Gasteiger partial charge in [-0.2, -0.15) is 0 Å². The fraction of sp³-hybridized carbons (Fsp3) is 0.333. The van der Waals surface area contributed by atoms with Gasteiger partial charge < -0.3 is 5.11 Å². The largest absolute Gasteiger partial charge is 0.385 e. The molecule has 9 heteroatoms. The van der Waals surface area contributed by atoms with Gasteiger partial charge in [-0.1, -0.05) is 15.9 Å². The van der Waals surface area contributed by atoms with Crippen molar-refractivity contribution in [1.29, 1.82) is 0 Å². The monoisotopic (exact) mass is 449 g/mol. The van der Waals surface area contributed by atoms with Crippen LogP contribution in [-0.2, 0) is 9.84 Å². The molecule has 0 spiro atoms. The summed E-state index contributed by atoms with van der Waals surface area (Å²) in [5, 5.41) is 20.5. The molecule has 6 nitrogen and oxygen atoms in total. The SMILES string of the molecule is CS(=O)(=O)C(Br)(I)C(O)c1ccc([N+](=O)[O-])cc1. The Morgan fingerprint density at radius 2 is 1.89 bits per heavy atom. The highest BCUT2D eigenvalue weighted by atomic mass is 127. The van der Waals surface area contributed by atoms with Crippen molar-refractivity contribution in [1.82, 2.24) is 0 Å². The highest BCUT2D eigenvalue weighted by molar-refractivity contribution is 14.1. The number of alkyl halides is 2. The van der Waals surface area contributed by atoms with Gasteiger partial charge in [0, 0.05) is 18.4 Å². The Bertz CT molecular complexity index is 557. The zero-order valence-corrected chi connectivity index (χ0v) is 13.6. The fourth-order valence-corrected chi connectivity index (χ4v) is 2.34. The van der Waals surface area contributed by atoms with Crippen LogP contribution >= 0.6 is 38.5 Å². The summed E-state index contributed by atoms with van der Waals surface area (Å²) in [7, 11) is -3.56. The van der Waals surface area contributed by atoms with Gasteiger partial charge in [-0.05, 0) is 40.3 Å². The molecule has 0 saturated heterocycles. The number of nitro benzene ring substituents is 1. The third kappa shape index (κ3) is 3.19. The lowest BCUT2D eigenvalue weighted by Crippen LogP contribution is -2.31. The van der Waals surface area contributed by atoms with Gasteiger partial charge in [-0.15, -0.1) is 0 Å². The first-order valence-electron chi connectivity index (χ1n) is 4.57. The van der Waals surface area contributed by atoms with Crippen molar-refractivity contribution in [2.24, 2.45) is 0 Å². The molecule has 0 heterocycles. The molecule has 1 rings (SSSR count). The number of nitrogens with zero attached hydrogens (tertiary/aromatic N) is 1. The van der Waals surface area contributed by atoms with Crippen LogP contribution < -0.4 is 0 Å². The van der Waals surface area contributed by atoms with Gasteiger partial charge in [-0.25, -0.2) is 8.42 Å². The van der Waals surface area contributed by atoms with Crippen LogP contribution in [0.2, 0.25) is 0 Å². The van der Waals surface area contributed by atoms with Gasteiger partial charge in [0.1, 0.15) is 6.10 Å². The second-order valence-corrected chi connectivity index (χ2v) is 11.5. The maximum absolute atomic E-state index is 11.5. The standard InChI is InChI=1S/C9H9BrINO5S/c1-18(16,17)9(10,11)8(13)6-2-4-7(5-3-6)12(14)15/h2-5,8,13H,1H3. The lowest BCUT2D eigenvalue weighted by molar-refractivity contribution is -0.384. The lowest BCUT2D eigenvalue weighted by Gasteiger charge is -2.24. The normalized spacial score (nSPS) is 16.9. The molecule has 0 radical (unpaired) electrons. The molecule has 1 aromatic carbocycles. The van der Waals surface area contributed by atoms with Crippen LogP contribution in [-0.4, -0.2) is 26.4 Å². The van der Waals surface area contributed by atoms with Crippen LogP contribution in [0.4, 0.5) is 5.69 Å². The number of nitro groups is 1. The van der Waals surface area contributed by atoms with Crippen molar-refractivity contribution in [3.8, 4) is 0 Å². The number of benzene rings is 1. The van der Waals surface area contributed by atoms with E-state index in [1.807, 2.05) is 0 Å². The molecular weight excluding hydrogens is 441 g/mol. The van der Waals surface area contributed by atoms with E-state index < -0.39 is 22.5 Å². The second kappa shape index (κ2) is 5.39. The highest BCUT2D eigenvalue weighted by Gasteiger charge is 2.43. The van der Waals surface area contributed by atoms with Crippen LogP contribution in [0.25, 0.3) is 0 Å². The van der Waals surface area contributed by atoms with E-state index >= 15 is 0 Å². The van der Waals surface area contributed by atoms with Crippen LogP contribution in [0, 0.1) is 10.1 Å². The summed E-state index contributed by atoms with van der Waals surface area (Å²) in [6.07, 6.45) is -0.350. The molecule has 1 N–H and O–H groups in total. The maximum atomic E-state index is 11.5. The van der Waals surface area contributed by atoms with E-state index in [1.165, 1.54) is 24.3 Å². The number of aliphatic hydroxyl groups is 1. The Hall–Kier alpha value is -0.260. The van der Waals surface area contributed by atoms with Crippen molar-refractivity contribution >= 4 is 54.0 Å². The Morgan fingerprint density at radius 1 is 1.44 bits per heavy atom. The third-order valence-corrected chi connectivity index (χ3v) is 8.63. The number of rotatable bonds is 4. The number of aliphatic hydroxyl groups excluding tert-OH is 1. The van der Waals surface area contributed by atoms with Gasteiger partial charge in [0.05, 0.1) is 4.92 Å². The van der Waals surface area contributed by atoms with Crippen molar-refractivity contribution in [3.05, 3.63) is 39.9 Å². The molecule has 0 saturated carbocycles. The second-order valence-electron chi connectivity index (χ2n) is 3.59. The van der Waals surface area contributed by atoms with E-state index in [-0.39, 0.29) is 11.3 Å². The fourth-order valence-electron chi connectivity index (χ4n) is 1.18. The Balaban J connectivity index is 3.12. The van der Waals surface area contributed by atoms with E-state index in [9.17, 15) is 23.6 Å². The average molecular weight is 450 g/mol. The molecule has 0 aliphatic rings. The molecule has 2 atom stereocenters. The molecule has 1 aromatic rings. The zero-order valence-electron chi connectivity index (χ0n) is 9.08. The van der Waals surface area contributed by atoms with E-state index in [0.29, 0.717) is 0 Å². The van der Waals surface area contributed by atoms with E-state index in [0.717, 1.165) is 6.26 Å². The topological polar surface area (TPSA) is 97.5 Å². The first-order valence-corrected chi connectivity index (χ1v) is 8.33. The molecule has 0 aliphatic heterocycles. The maximum Gasteiger partial charge on any atom is 0.269 e. The van der Waals surface area contributed by atoms with E-state index in [2.05, 4.69) is 15.9 Å². The summed E-state index contributed by atoms with van der Waals surface area (Å²) in [6, 6.07) is 5.06. The van der Waals surface area contributed by atoms with E-state index in [4.69, 9.17) is 0 Å². The third-order valence-electron chi connectivity index (χ3n) is 2.23. The van der Waals surface area contributed by atoms with Crippen LogP contribution in [0.1, 0.15) is 11.7 Å². The average Bonchev–Trinajstić information content (AvgIpc) is 2.26. The molecule has 2 unspecified atom stereocenters. The molecular formula is C9H9BrINO5S. The Labute approximate surface area is 126 Å². The molecule has 18 heavy (non-hydrogen) atoms. The minimum atomic E-state index is -3.56. The number of hydrogen-bond donors (Lipinski definition) is 1. The summed E-state index contributed by atoms with van der Waals surface area (Å²) >= 11 is 4.55. The molecule has 0 bridgehead atoms. The van der Waals surface area contributed by atoms with Gasteiger partial charge in [0.25, 0.3) is 5.69 Å². The first kappa shape index (κ1) is 15.8. The Morgan fingerprint density at radius 3 is 2.22 bits per heavy atom. The highest BCUT2D eigenvalue weighted by Crippen LogP contribution is 2.44. The van der Waals surface area contributed by atoms with Gasteiger partial charge in [-0.3, -0.25) is 10.1 Å². The number of sulfone groups is 1. The van der Waals surface area contributed by atoms with Crippen molar-refractivity contribution in [3.63, 3.8) is 0 Å². The van der Waals surface area contributed by atoms with Crippen molar-refractivity contribution < 1.29 is 18.4 Å². The molecule has 0 aliphatic carbocycles. The summed E-state index contributed by atoms with van der Waals surface area (Å²) in [4.78, 5) is 9.90. The van der Waals surface area contributed by atoms with Gasteiger partial charge in [0.2, 0.25) is 1.66 Å². The predicted octanol–water partition coefficient (Wildman–Crippen LogP) is 2.16. The van der Waals surface area contributed by atoms with Crippen molar-refractivity contribution in [2.75, 3.05) is 6.26 Å². The summed E-state index contributed by atoms with van der Waals surface area (Å²) in [5.74, 6) is 0. The zero-order chi connectivity index (χ0) is 14.1. The van der Waals surface area contributed by atoms with Gasteiger partial charge in [0.15, 0.2) is 9.84 Å². The summed E-state index contributed by atoms with van der Waals surface area (Å²) < 4.78 is 21.5. The molecule has 100 valence electrons. The quantitative estimate of drug-likeness (QED) is 0.328. The minimum Gasteiger partial charge on any atom is -0.385 e. The van der Waals surface area contributed by atoms with Crippen LogP contribution in [0.3, 0.4) is 0 Å². The van der Waals surface area contributed by atoms with Crippen LogP contribution in [0.15, 0.2) is 24.3 Å². The van der Waals surface area contributed by atoms with Gasteiger partial charge >= 0.3 is 0 Å². The smallest absolute Gasteiger partial charge is 0.269 e. The van der Waals surface area contributed by atoms with Crippen LogP contribution in [0.5, 0.6) is 0 Å². The lowest BCUT2D eigenvalue weighted by atomic mass is 10.1. The Kier molecular flexibility index (Phi) is 4.73. The number of non-ortho nitro benzene ring substituents is 1. The molecule has 0 fully saturated rings. The predicted molar refractivity (Wildman–Crippen MR) is 78.6 cm³/mol. The number of halogens is 2. The summed E-state index contributed by atoms with van der Waals surface area (Å²) in [5.41, 5.74) is 0.149. The molecule has 0 amide bonds. The van der Waals surface area contributed by atoms with Crippen molar-refractivity contribution in [2.45, 2.75) is 7.77 Å². The molecule has 0 aromatic heterocycles. The van der Waals surface area contributed by atoms with E-state index in [1.54, 1.807) is 22.6 Å². The summed E-state index contributed by atoms with van der Waals surface area (Å²) in [6.45, 7) is 0.